The highest BCUT2D eigenvalue weighted by Gasteiger charge is 2.07. The van der Waals surface area contributed by atoms with Gasteiger partial charge in [0, 0.05) is 5.92 Å². The lowest BCUT2D eigenvalue weighted by Gasteiger charge is -2.03. The zero-order chi connectivity index (χ0) is 7.28. The van der Waals surface area contributed by atoms with Gasteiger partial charge in [0.1, 0.15) is 5.78 Å². The van der Waals surface area contributed by atoms with Crippen molar-refractivity contribution in [2.24, 2.45) is 5.92 Å². The fourth-order valence-electron chi connectivity index (χ4n) is 0.512. The van der Waals surface area contributed by atoms with Gasteiger partial charge in [-0.25, -0.2) is 0 Å². The van der Waals surface area contributed by atoms with Crippen molar-refractivity contribution in [1.82, 2.24) is 0 Å². The fourth-order valence-corrected chi connectivity index (χ4v) is 1.08. The van der Waals surface area contributed by atoms with Crippen LogP contribution in [0.15, 0.2) is 0 Å². The molecule has 0 saturated carbocycles. The third-order valence-electron chi connectivity index (χ3n) is 1.45. The van der Waals surface area contributed by atoms with E-state index in [0.29, 0.717) is 11.5 Å². The second-order valence-electron chi connectivity index (χ2n) is 2.21. The van der Waals surface area contributed by atoms with E-state index in [2.05, 4.69) is 0 Å². The number of carbonyl (C=O) groups is 1. The van der Waals surface area contributed by atoms with Gasteiger partial charge in [-0.2, -0.15) is 11.8 Å². The van der Waals surface area contributed by atoms with Gasteiger partial charge in [-0.1, -0.05) is 13.8 Å². The Labute approximate surface area is 61.2 Å². The summed E-state index contributed by atoms with van der Waals surface area (Å²) in [4.78, 5) is 11.0. The molecule has 1 atom stereocenters. The van der Waals surface area contributed by atoms with Crippen molar-refractivity contribution < 1.29 is 4.79 Å². The van der Waals surface area contributed by atoms with E-state index >= 15 is 0 Å². The predicted molar refractivity (Wildman–Crippen MR) is 42.8 cm³/mol. The van der Waals surface area contributed by atoms with E-state index in [9.17, 15) is 4.79 Å². The van der Waals surface area contributed by atoms with Crippen LogP contribution < -0.4 is 0 Å². The topological polar surface area (TPSA) is 17.1 Å². The summed E-state index contributed by atoms with van der Waals surface area (Å²) in [5, 5.41) is 0. The van der Waals surface area contributed by atoms with Gasteiger partial charge < -0.3 is 0 Å². The number of hydrogen-bond acceptors (Lipinski definition) is 2. The minimum atomic E-state index is 0.262. The molecular formula is C7H14OS. The molecule has 9 heavy (non-hydrogen) atoms. The first-order valence-electron chi connectivity index (χ1n) is 3.24. The molecular weight excluding hydrogens is 132 g/mol. The Hall–Kier alpha value is 0.0200. The van der Waals surface area contributed by atoms with Crippen LogP contribution in [0.5, 0.6) is 0 Å². The lowest BCUT2D eigenvalue weighted by atomic mass is 10.1. The van der Waals surface area contributed by atoms with Crippen LogP contribution in [0.3, 0.4) is 0 Å². The molecule has 2 heteroatoms. The van der Waals surface area contributed by atoms with Crippen LogP contribution in [-0.4, -0.2) is 17.8 Å². The maximum absolute atomic E-state index is 11.0. The summed E-state index contributed by atoms with van der Waals surface area (Å²) in [6, 6.07) is 0. The molecule has 0 unspecified atom stereocenters. The van der Waals surface area contributed by atoms with Gasteiger partial charge in [-0.3, -0.25) is 4.79 Å². The first-order valence-corrected chi connectivity index (χ1v) is 4.63. The van der Waals surface area contributed by atoms with Crippen LogP contribution in [-0.2, 0) is 4.79 Å². The van der Waals surface area contributed by atoms with E-state index in [0.717, 1.165) is 6.42 Å². The average Bonchev–Trinajstić information content (AvgIpc) is 1.87. The van der Waals surface area contributed by atoms with Crippen molar-refractivity contribution in [3.8, 4) is 0 Å². The standard InChI is InChI=1S/C7H14OS/c1-4-6(2)7(8)5-9-3/h6H,4-5H2,1-3H3/t6-/m0/s1. The summed E-state index contributed by atoms with van der Waals surface area (Å²) in [5.74, 6) is 1.32. The highest BCUT2D eigenvalue weighted by molar-refractivity contribution is 7.99. The predicted octanol–water partition coefficient (Wildman–Crippen LogP) is 1.96. The van der Waals surface area contributed by atoms with Gasteiger partial charge in [0.25, 0.3) is 0 Å². The summed E-state index contributed by atoms with van der Waals surface area (Å²) in [6.45, 7) is 4.03. The van der Waals surface area contributed by atoms with Gasteiger partial charge in [0.15, 0.2) is 0 Å². The fraction of sp³-hybridized carbons (Fsp3) is 0.857. The first kappa shape index (κ1) is 9.02. The molecule has 0 aromatic heterocycles. The van der Waals surface area contributed by atoms with Crippen LogP contribution in [0, 0.1) is 5.92 Å². The third-order valence-corrected chi connectivity index (χ3v) is 2.02. The maximum Gasteiger partial charge on any atom is 0.145 e. The van der Waals surface area contributed by atoms with E-state index in [1.807, 2.05) is 20.1 Å². The Morgan fingerprint density at radius 2 is 2.22 bits per heavy atom. The van der Waals surface area contributed by atoms with Crippen molar-refractivity contribution in [3.63, 3.8) is 0 Å². The minimum absolute atomic E-state index is 0.262. The molecule has 0 fully saturated rings. The molecule has 0 heterocycles. The molecule has 0 bridgehead atoms. The first-order chi connectivity index (χ1) is 4.22. The van der Waals surface area contributed by atoms with E-state index in [1.54, 1.807) is 11.8 Å². The quantitative estimate of drug-likeness (QED) is 0.603. The number of Topliss-reactive ketones (excluding diaryl/α,β-unsaturated/α-hetero) is 1. The second-order valence-corrected chi connectivity index (χ2v) is 3.07. The highest BCUT2D eigenvalue weighted by Crippen LogP contribution is 2.05. The van der Waals surface area contributed by atoms with Crippen molar-refractivity contribution in [3.05, 3.63) is 0 Å². The molecule has 0 saturated heterocycles. The number of carbonyl (C=O) groups excluding carboxylic acids is 1. The lowest BCUT2D eigenvalue weighted by Crippen LogP contribution is -2.11. The SMILES string of the molecule is CC[C@H](C)C(=O)CSC. The van der Waals surface area contributed by atoms with Crippen LogP contribution in [0.2, 0.25) is 0 Å². The smallest absolute Gasteiger partial charge is 0.145 e. The van der Waals surface area contributed by atoms with Crippen molar-refractivity contribution in [1.29, 1.82) is 0 Å². The third kappa shape index (κ3) is 3.57. The molecule has 0 aliphatic heterocycles. The monoisotopic (exact) mass is 146 g/mol. The Bertz CT molecular complexity index is 90.9. The number of rotatable bonds is 4. The van der Waals surface area contributed by atoms with Crippen molar-refractivity contribution in [2.75, 3.05) is 12.0 Å². The largest absolute Gasteiger partial charge is 0.298 e. The Kier molecular flexibility index (Phi) is 4.87. The zero-order valence-electron chi connectivity index (χ0n) is 6.31. The van der Waals surface area contributed by atoms with Gasteiger partial charge in [0.05, 0.1) is 5.75 Å². The van der Waals surface area contributed by atoms with Crippen molar-refractivity contribution in [2.45, 2.75) is 20.3 Å². The average molecular weight is 146 g/mol. The molecule has 0 aromatic carbocycles. The van der Waals surface area contributed by atoms with E-state index in [1.165, 1.54) is 0 Å². The van der Waals surface area contributed by atoms with Gasteiger partial charge >= 0.3 is 0 Å². The molecule has 0 spiro atoms. The molecule has 0 aliphatic carbocycles. The van der Waals surface area contributed by atoms with E-state index < -0.39 is 0 Å². The number of hydrogen-bond donors (Lipinski definition) is 0. The number of thioether (sulfide) groups is 1. The Morgan fingerprint density at radius 3 is 2.56 bits per heavy atom. The lowest BCUT2D eigenvalue weighted by molar-refractivity contribution is -0.119. The molecule has 1 nitrogen and oxygen atoms in total. The minimum Gasteiger partial charge on any atom is -0.298 e. The normalized spacial score (nSPS) is 13.2. The molecule has 0 rings (SSSR count). The van der Waals surface area contributed by atoms with Crippen LogP contribution in [0.4, 0.5) is 0 Å². The second kappa shape index (κ2) is 4.86. The molecule has 0 radical (unpaired) electrons. The zero-order valence-corrected chi connectivity index (χ0v) is 7.12. The maximum atomic E-state index is 11.0. The summed E-state index contributed by atoms with van der Waals surface area (Å²) in [7, 11) is 0. The summed E-state index contributed by atoms with van der Waals surface area (Å²) >= 11 is 1.60. The molecule has 0 aromatic rings. The molecule has 54 valence electrons. The van der Waals surface area contributed by atoms with Crippen LogP contribution >= 0.6 is 11.8 Å². The number of ketones is 1. The summed E-state index contributed by atoms with van der Waals surface area (Å²) in [5.41, 5.74) is 0. The Balaban J connectivity index is 3.46. The Morgan fingerprint density at radius 1 is 1.67 bits per heavy atom. The van der Waals surface area contributed by atoms with E-state index in [4.69, 9.17) is 0 Å². The molecule has 0 aliphatic rings. The molecule has 0 amide bonds. The van der Waals surface area contributed by atoms with Crippen LogP contribution in [0.25, 0.3) is 0 Å². The summed E-state index contributed by atoms with van der Waals surface area (Å²) < 4.78 is 0. The highest BCUT2D eigenvalue weighted by atomic mass is 32.2. The van der Waals surface area contributed by atoms with Gasteiger partial charge in [-0.15, -0.1) is 0 Å². The van der Waals surface area contributed by atoms with Gasteiger partial charge in [-0.05, 0) is 12.7 Å². The van der Waals surface area contributed by atoms with Crippen LogP contribution in [0.1, 0.15) is 20.3 Å². The molecule has 0 N–H and O–H groups in total. The van der Waals surface area contributed by atoms with Crippen molar-refractivity contribution >= 4 is 17.5 Å². The van der Waals surface area contributed by atoms with E-state index in [-0.39, 0.29) is 5.92 Å². The summed E-state index contributed by atoms with van der Waals surface area (Å²) in [6.07, 6.45) is 2.93. The van der Waals surface area contributed by atoms with Gasteiger partial charge in [0.2, 0.25) is 0 Å².